The van der Waals surface area contributed by atoms with Crippen molar-refractivity contribution in [1.29, 1.82) is 0 Å². The third-order valence-electron chi connectivity index (χ3n) is 2.40. The maximum atomic E-state index is 11.3. The van der Waals surface area contributed by atoms with Gasteiger partial charge in [-0.15, -0.1) is 0 Å². The topological polar surface area (TPSA) is 44.8 Å². The van der Waals surface area contributed by atoms with Crippen LogP contribution in [0.2, 0.25) is 0 Å². The van der Waals surface area contributed by atoms with Gasteiger partial charge in [0.05, 0.1) is 32.0 Å². The van der Waals surface area contributed by atoms with Crippen LogP contribution in [0.1, 0.15) is 22.8 Å². The minimum absolute atomic E-state index is 0.0298. The molecule has 0 amide bonds. The highest BCUT2D eigenvalue weighted by atomic mass is 79.9. The summed E-state index contributed by atoms with van der Waals surface area (Å²) < 4.78 is 16.1. The van der Waals surface area contributed by atoms with Crippen LogP contribution in [0.3, 0.4) is 0 Å². The van der Waals surface area contributed by atoms with Crippen LogP contribution in [0, 0.1) is 0 Å². The van der Waals surface area contributed by atoms with Crippen molar-refractivity contribution in [2.75, 3.05) is 20.8 Å². The van der Waals surface area contributed by atoms with Gasteiger partial charge < -0.3 is 14.2 Å². The predicted octanol–water partition coefficient (Wildman–Crippen LogP) is 2.79. The number of carbonyl (C=O) groups excluding carboxylic acids is 1. The van der Waals surface area contributed by atoms with Gasteiger partial charge in [-0.3, -0.25) is 0 Å². The molecule has 0 bridgehead atoms. The monoisotopic (exact) mass is 316 g/mol. The summed E-state index contributed by atoms with van der Waals surface area (Å²) in [5.74, 6) is -0.351. The predicted molar refractivity (Wildman–Crippen MR) is 71.6 cm³/mol. The summed E-state index contributed by atoms with van der Waals surface area (Å²) >= 11 is 3.41. The average molecular weight is 317 g/mol. The molecular weight excluding hydrogens is 300 g/mol. The summed E-state index contributed by atoms with van der Waals surface area (Å²) in [5.41, 5.74) is 1.49. The molecule has 5 heteroatoms. The van der Waals surface area contributed by atoms with E-state index in [1.807, 2.05) is 13.0 Å². The Labute approximate surface area is 115 Å². The number of carbonyl (C=O) groups is 1. The molecule has 1 aromatic carbocycles. The summed E-state index contributed by atoms with van der Waals surface area (Å²) in [6.45, 7) is 2.96. The van der Waals surface area contributed by atoms with Gasteiger partial charge >= 0.3 is 5.97 Å². The van der Waals surface area contributed by atoms with Crippen molar-refractivity contribution in [3.05, 3.63) is 33.8 Å². The molecule has 18 heavy (non-hydrogen) atoms. The zero-order valence-electron chi connectivity index (χ0n) is 10.7. The third-order valence-corrected chi connectivity index (χ3v) is 3.14. The van der Waals surface area contributed by atoms with Crippen LogP contribution in [0.4, 0.5) is 0 Å². The van der Waals surface area contributed by atoms with Crippen molar-refractivity contribution in [3.63, 3.8) is 0 Å². The Morgan fingerprint density at radius 3 is 2.67 bits per heavy atom. The second kappa shape index (κ2) is 7.51. The fourth-order valence-corrected chi connectivity index (χ4v) is 1.92. The van der Waals surface area contributed by atoms with E-state index in [9.17, 15) is 4.79 Å². The van der Waals surface area contributed by atoms with E-state index in [1.165, 1.54) is 7.11 Å². The summed E-state index contributed by atoms with van der Waals surface area (Å²) in [6.07, 6.45) is 0.0298. The van der Waals surface area contributed by atoms with E-state index in [1.54, 1.807) is 19.2 Å². The Balaban J connectivity index is 2.65. The molecule has 4 nitrogen and oxygen atoms in total. The van der Waals surface area contributed by atoms with E-state index in [0.717, 1.165) is 10.0 Å². The lowest BCUT2D eigenvalue weighted by Crippen LogP contribution is -2.14. The number of hydrogen-bond acceptors (Lipinski definition) is 4. The van der Waals surface area contributed by atoms with Crippen LogP contribution < -0.4 is 0 Å². The number of benzene rings is 1. The largest absolute Gasteiger partial charge is 0.465 e. The summed E-state index contributed by atoms with van der Waals surface area (Å²) in [5, 5.41) is 0. The zero-order valence-corrected chi connectivity index (χ0v) is 12.3. The molecule has 0 aromatic heterocycles. The quantitative estimate of drug-likeness (QED) is 0.757. The minimum atomic E-state index is -0.351. The molecule has 0 fully saturated rings. The van der Waals surface area contributed by atoms with Gasteiger partial charge in [-0.1, -0.05) is 22.0 Å². The average Bonchev–Trinajstić information content (AvgIpc) is 2.36. The van der Waals surface area contributed by atoms with E-state index in [-0.39, 0.29) is 12.1 Å². The number of ether oxygens (including phenoxy) is 3. The molecule has 0 spiro atoms. The van der Waals surface area contributed by atoms with Crippen molar-refractivity contribution in [3.8, 4) is 0 Å². The molecule has 0 heterocycles. The molecule has 0 saturated carbocycles. The fraction of sp³-hybridized carbons (Fsp3) is 0.462. The zero-order chi connectivity index (χ0) is 13.5. The van der Waals surface area contributed by atoms with Crippen LogP contribution >= 0.6 is 15.9 Å². The lowest BCUT2D eigenvalue weighted by Gasteiger charge is -2.13. The van der Waals surface area contributed by atoms with Crippen LogP contribution in [0.5, 0.6) is 0 Å². The molecule has 0 aliphatic rings. The molecule has 1 unspecified atom stereocenters. The van der Waals surface area contributed by atoms with Gasteiger partial charge in [-0.2, -0.15) is 0 Å². The van der Waals surface area contributed by atoms with Crippen molar-refractivity contribution >= 4 is 21.9 Å². The Kier molecular flexibility index (Phi) is 6.32. The van der Waals surface area contributed by atoms with Gasteiger partial charge in [0.15, 0.2) is 0 Å². The number of hydrogen-bond donors (Lipinski definition) is 0. The molecule has 0 aliphatic heterocycles. The first-order chi connectivity index (χ1) is 8.58. The second-order valence-electron chi connectivity index (χ2n) is 3.87. The Morgan fingerprint density at radius 1 is 1.39 bits per heavy atom. The molecule has 1 atom stereocenters. The first-order valence-corrected chi connectivity index (χ1v) is 6.35. The maximum absolute atomic E-state index is 11.3. The molecule has 0 radical (unpaired) electrons. The van der Waals surface area contributed by atoms with E-state index in [2.05, 4.69) is 20.7 Å². The van der Waals surface area contributed by atoms with Crippen LogP contribution in [-0.4, -0.2) is 32.9 Å². The van der Waals surface area contributed by atoms with Crippen molar-refractivity contribution in [2.45, 2.75) is 19.6 Å². The minimum Gasteiger partial charge on any atom is -0.465 e. The number of esters is 1. The number of methoxy groups -OCH3 is 2. The Bertz CT molecular complexity index is 406. The fourth-order valence-electron chi connectivity index (χ4n) is 1.42. The van der Waals surface area contributed by atoms with E-state index in [4.69, 9.17) is 9.47 Å². The van der Waals surface area contributed by atoms with Crippen LogP contribution in [0.15, 0.2) is 22.7 Å². The highest BCUT2D eigenvalue weighted by Gasteiger charge is 2.09. The van der Waals surface area contributed by atoms with Crippen LogP contribution in [0.25, 0.3) is 0 Å². The standard InChI is InChI=1S/C13H17BrO4/c1-9(7-16-2)18-8-11-5-4-10(6-12(11)14)13(15)17-3/h4-6,9H,7-8H2,1-3H3. The lowest BCUT2D eigenvalue weighted by molar-refractivity contribution is -0.000341. The van der Waals surface area contributed by atoms with Gasteiger partial charge in [0, 0.05) is 11.6 Å². The summed E-state index contributed by atoms with van der Waals surface area (Å²) in [7, 11) is 3.00. The van der Waals surface area contributed by atoms with Gasteiger partial charge in [0.25, 0.3) is 0 Å². The first-order valence-electron chi connectivity index (χ1n) is 5.55. The molecule has 1 aromatic rings. The molecule has 1 rings (SSSR count). The SMILES string of the molecule is COCC(C)OCc1ccc(C(=O)OC)cc1Br. The van der Waals surface area contributed by atoms with Crippen LogP contribution in [-0.2, 0) is 20.8 Å². The summed E-state index contributed by atoms with van der Waals surface area (Å²) in [4.78, 5) is 11.3. The molecule has 0 saturated heterocycles. The smallest absolute Gasteiger partial charge is 0.337 e. The van der Waals surface area contributed by atoms with E-state index in [0.29, 0.717) is 18.8 Å². The molecule has 0 aliphatic carbocycles. The normalized spacial score (nSPS) is 12.2. The van der Waals surface area contributed by atoms with Crippen molar-refractivity contribution < 1.29 is 19.0 Å². The Morgan fingerprint density at radius 2 is 2.11 bits per heavy atom. The second-order valence-corrected chi connectivity index (χ2v) is 4.73. The Hall–Kier alpha value is -0.910. The molecule has 0 N–H and O–H groups in total. The molecule has 100 valence electrons. The highest BCUT2D eigenvalue weighted by Crippen LogP contribution is 2.20. The van der Waals surface area contributed by atoms with E-state index < -0.39 is 0 Å². The molecular formula is C13H17BrO4. The van der Waals surface area contributed by atoms with Gasteiger partial charge in [-0.05, 0) is 24.6 Å². The van der Waals surface area contributed by atoms with Gasteiger partial charge in [0.1, 0.15) is 0 Å². The van der Waals surface area contributed by atoms with E-state index >= 15 is 0 Å². The van der Waals surface area contributed by atoms with Gasteiger partial charge in [-0.25, -0.2) is 4.79 Å². The first kappa shape index (κ1) is 15.1. The third kappa shape index (κ3) is 4.40. The van der Waals surface area contributed by atoms with Crippen molar-refractivity contribution in [1.82, 2.24) is 0 Å². The van der Waals surface area contributed by atoms with Crippen molar-refractivity contribution in [2.24, 2.45) is 0 Å². The highest BCUT2D eigenvalue weighted by molar-refractivity contribution is 9.10. The number of rotatable bonds is 6. The number of halogens is 1. The summed E-state index contributed by atoms with van der Waals surface area (Å²) in [6, 6.07) is 5.29. The lowest BCUT2D eigenvalue weighted by atomic mass is 10.1. The maximum Gasteiger partial charge on any atom is 0.337 e. The van der Waals surface area contributed by atoms with Gasteiger partial charge in [0.2, 0.25) is 0 Å².